The summed E-state index contributed by atoms with van der Waals surface area (Å²) in [5.74, 6) is 3.47. The quantitative estimate of drug-likeness (QED) is 0.656. The Morgan fingerprint density at radius 3 is 3.11 bits per heavy atom. The number of nitrogen functional groups attached to an aromatic ring is 1. The highest BCUT2D eigenvalue weighted by Crippen LogP contribution is 2.15. The van der Waals surface area contributed by atoms with Gasteiger partial charge in [0.1, 0.15) is 5.75 Å². The molecule has 1 aliphatic rings. The highest BCUT2D eigenvalue weighted by atomic mass is 32.2. The van der Waals surface area contributed by atoms with Gasteiger partial charge in [-0.05, 0) is 37.3 Å². The molecule has 0 saturated carbocycles. The second-order valence-electron chi connectivity index (χ2n) is 4.58. The van der Waals surface area contributed by atoms with Gasteiger partial charge in [0.15, 0.2) is 0 Å². The standard InChI is InChI=1S/C14H22N2OS/c15-13-4-1-5-14(12-13)17-9-2-6-16-7-3-10-18-11-8-16/h1,4-5,12H,2-3,6-11,15H2. The molecular formula is C14H22N2OS. The summed E-state index contributed by atoms with van der Waals surface area (Å²) in [6.45, 7) is 4.38. The van der Waals surface area contributed by atoms with E-state index in [1.165, 1.54) is 31.0 Å². The van der Waals surface area contributed by atoms with Gasteiger partial charge < -0.3 is 15.4 Å². The lowest BCUT2D eigenvalue weighted by molar-refractivity contribution is 0.245. The van der Waals surface area contributed by atoms with E-state index in [1.54, 1.807) is 0 Å². The van der Waals surface area contributed by atoms with Crippen molar-refractivity contribution in [1.82, 2.24) is 4.90 Å². The van der Waals surface area contributed by atoms with Gasteiger partial charge in [-0.2, -0.15) is 11.8 Å². The summed E-state index contributed by atoms with van der Waals surface area (Å²) in [6.07, 6.45) is 2.40. The first-order valence-electron chi connectivity index (χ1n) is 6.63. The van der Waals surface area contributed by atoms with Gasteiger partial charge in [-0.25, -0.2) is 0 Å². The van der Waals surface area contributed by atoms with E-state index < -0.39 is 0 Å². The average molecular weight is 266 g/mol. The highest BCUT2D eigenvalue weighted by Gasteiger charge is 2.08. The summed E-state index contributed by atoms with van der Waals surface area (Å²) in [5.41, 5.74) is 6.47. The molecule has 1 fully saturated rings. The van der Waals surface area contributed by atoms with Gasteiger partial charge >= 0.3 is 0 Å². The summed E-state index contributed by atoms with van der Waals surface area (Å²) in [4.78, 5) is 2.54. The number of hydrogen-bond donors (Lipinski definition) is 1. The van der Waals surface area contributed by atoms with Crippen LogP contribution in [-0.4, -0.2) is 42.6 Å². The largest absolute Gasteiger partial charge is 0.493 e. The predicted octanol–water partition coefficient (Wildman–Crippen LogP) is 2.48. The molecule has 1 aromatic rings. The van der Waals surface area contributed by atoms with Gasteiger partial charge in [0.05, 0.1) is 6.61 Å². The molecular weight excluding hydrogens is 244 g/mol. The summed E-state index contributed by atoms with van der Waals surface area (Å²) in [7, 11) is 0. The van der Waals surface area contributed by atoms with Crippen LogP contribution in [0.15, 0.2) is 24.3 Å². The summed E-state index contributed by atoms with van der Waals surface area (Å²) in [5, 5.41) is 0. The molecule has 18 heavy (non-hydrogen) atoms. The molecule has 1 saturated heterocycles. The number of thioether (sulfide) groups is 1. The van der Waals surface area contributed by atoms with Gasteiger partial charge in [0.25, 0.3) is 0 Å². The Hall–Kier alpha value is -0.870. The summed E-state index contributed by atoms with van der Waals surface area (Å²) >= 11 is 2.07. The topological polar surface area (TPSA) is 38.5 Å². The molecule has 100 valence electrons. The molecule has 2 N–H and O–H groups in total. The molecule has 0 amide bonds. The molecule has 1 heterocycles. The first-order chi connectivity index (χ1) is 8.84. The predicted molar refractivity (Wildman–Crippen MR) is 79.3 cm³/mol. The monoisotopic (exact) mass is 266 g/mol. The minimum atomic E-state index is 0.761. The third-order valence-electron chi connectivity index (χ3n) is 3.06. The second-order valence-corrected chi connectivity index (χ2v) is 5.81. The van der Waals surface area contributed by atoms with Gasteiger partial charge in [-0.15, -0.1) is 0 Å². The Labute approximate surface area is 114 Å². The van der Waals surface area contributed by atoms with Gasteiger partial charge in [-0.1, -0.05) is 6.07 Å². The maximum absolute atomic E-state index is 5.71. The second kappa shape index (κ2) is 7.54. The van der Waals surface area contributed by atoms with E-state index in [2.05, 4.69) is 16.7 Å². The molecule has 0 aromatic heterocycles. The van der Waals surface area contributed by atoms with Crippen LogP contribution >= 0.6 is 11.8 Å². The van der Waals surface area contributed by atoms with Crippen LogP contribution in [0.1, 0.15) is 12.8 Å². The van der Waals surface area contributed by atoms with E-state index in [0.29, 0.717) is 0 Å². The third-order valence-corrected chi connectivity index (χ3v) is 4.11. The lowest BCUT2D eigenvalue weighted by Gasteiger charge is -2.19. The third kappa shape index (κ3) is 4.78. The van der Waals surface area contributed by atoms with E-state index >= 15 is 0 Å². The van der Waals surface area contributed by atoms with Crippen LogP contribution in [0.5, 0.6) is 5.75 Å². The Kier molecular flexibility index (Phi) is 5.68. The van der Waals surface area contributed by atoms with Crippen LogP contribution in [0.2, 0.25) is 0 Å². The van der Waals surface area contributed by atoms with E-state index in [4.69, 9.17) is 10.5 Å². The normalized spacial score (nSPS) is 17.3. The van der Waals surface area contributed by atoms with Crippen LogP contribution < -0.4 is 10.5 Å². The molecule has 0 bridgehead atoms. The number of anilines is 1. The van der Waals surface area contributed by atoms with E-state index in [-0.39, 0.29) is 0 Å². The fourth-order valence-electron chi connectivity index (χ4n) is 2.10. The van der Waals surface area contributed by atoms with Crippen LogP contribution in [0, 0.1) is 0 Å². The van der Waals surface area contributed by atoms with Crippen molar-refractivity contribution < 1.29 is 4.74 Å². The minimum Gasteiger partial charge on any atom is -0.493 e. The Morgan fingerprint density at radius 1 is 1.28 bits per heavy atom. The Balaban J connectivity index is 1.63. The van der Waals surface area contributed by atoms with Crippen molar-refractivity contribution in [1.29, 1.82) is 0 Å². The molecule has 0 spiro atoms. The lowest BCUT2D eigenvalue weighted by Crippen LogP contribution is -2.28. The maximum atomic E-state index is 5.71. The SMILES string of the molecule is Nc1cccc(OCCCN2CCCSCC2)c1. The van der Waals surface area contributed by atoms with Crippen molar-refractivity contribution in [3.8, 4) is 5.75 Å². The smallest absolute Gasteiger partial charge is 0.121 e. The van der Waals surface area contributed by atoms with E-state index in [9.17, 15) is 0 Å². The number of benzene rings is 1. The minimum absolute atomic E-state index is 0.761. The van der Waals surface area contributed by atoms with Crippen molar-refractivity contribution in [2.75, 3.05) is 43.5 Å². The zero-order valence-corrected chi connectivity index (χ0v) is 11.6. The van der Waals surface area contributed by atoms with Crippen molar-refractivity contribution in [3.05, 3.63) is 24.3 Å². The van der Waals surface area contributed by atoms with Gasteiger partial charge in [0.2, 0.25) is 0 Å². The Bertz CT molecular complexity index is 351. The Morgan fingerprint density at radius 2 is 2.22 bits per heavy atom. The molecule has 1 aromatic carbocycles. The van der Waals surface area contributed by atoms with Crippen LogP contribution in [-0.2, 0) is 0 Å². The fourth-order valence-corrected chi connectivity index (χ4v) is 3.03. The van der Waals surface area contributed by atoms with Crippen molar-refractivity contribution in [2.45, 2.75) is 12.8 Å². The first kappa shape index (κ1) is 13.6. The fraction of sp³-hybridized carbons (Fsp3) is 0.571. The van der Waals surface area contributed by atoms with Crippen molar-refractivity contribution in [3.63, 3.8) is 0 Å². The average Bonchev–Trinajstić information content (AvgIpc) is 2.63. The molecule has 2 rings (SSSR count). The molecule has 4 heteroatoms. The van der Waals surface area contributed by atoms with Crippen molar-refractivity contribution >= 4 is 17.4 Å². The molecule has 1 aliphatic heterocycles. The summed E-state index contributed by atoms with van der Waals surface area (Å²) < 4.78 is 5.70. The molecule has 0 aliphatic carbocycles. The van der Waals surface area contributed by atoms with Crippen LogP contribution in [0.25, 0.3) is 0 Å². The molecule has 0 atom stereocenters. The van der Waals surface area contributed by atoms with Crippen molar-refractivity contribution in [2.24, 2.45) is 0 Å². The lowest BCUT2D eigenvalue weighted by atomic mass is 10.3. The van der Waals surface area contributed by atoms with E-state index in [0.717, 1.165) is 31.0 Å². The van der Waals surface area contributed by atoms with Crippen LogP contribution in [0.3, 0.4) is 0 Å². The highest BCUT2D eigenvalue weighted by molar-refractivity contribution is 7.99. The number of nitrogens with zero attached hydrogens (tertiary/aromatic N) is 1. The van der Waals surface area contributed by atoms with E-state index in [1.807, 2.05) is 24.3 Å². The zero-order chi connectivity index (χ0) is 12.6. The first-order valence-corrected chi connectivity index (χ1v) is 7.78. The molecule has 0 unspecified atom stereocenters. The summed E-state index contributed by atoms with van der Waals surface area (Å²) in [6, 6.07) is 7.64. The zero-order valence-electron chi connectivity index (χ0n) is 10.8. The van der Waals surface area contributed by atoms with Gasteiger partial charge in [0, 0.05) is 30.6 Å². The maximum Gasteiger partial charge on any atom is 0.121 e. The number of nitrogens with two attached hydrogens (primary N) is 1. The van der Waals surface area contributed by atoms with Crippen LogP contribution in [0.4, 0.5) is 5.69 Å². The number of hydrogen-bond acceptors (Lipinski definition) is 4. The van der Waals surface area contributed by atoms with Gasteiger partial charge in [-0.3, -0.25) is 0 Å². The number of rotatable bonds is 5. The molecule has 3 nitrogen and oxygen atoms in total. The molecule has 0 radical (unpaired) electrons. The number of ether oxygens (including phenoxy) is 1.